The number of nitrogens with one attached hydrogen (secondary N) is 1. The second-order valence-electron chi connectivity index (χ2n) is 6.49. The number of amides is 1. The fourth-order valence-corrected chi connectivity index (χ4v) is 4.39. The van der Waals surface area contributed by atoms with Crippen LogP contribution in [0.4, 0.5) is 0 Å². The Kier molecular flexibility index (Phi) is 7.06. The van der Waals surface area contributed by atoms with Crippen molar-refractivity contribution in [2.24, 2.45) is 0 Å². The molecule has 0 bridgehead atoms. The Balaban J connectivity index is 2.32. The van der Waals surface area contributed by atoms with E-state index in [2.05, 4.69) is 54.3 Å². The second kappa shape index (κ2) is 8.81. The van der Waals surface area contributed by atoms with E-state index in [1.807, 2.05) is 0 Å². The van der Waals surface area contributed by atoms with Crippen molar-refractivity contribution in [2.45, 2.75) is 52.6 Å². The lowest BCUT2D eigenvalue weighted by atomic mass is 10.0. The molecule has 130 valence electrons. The molecule has 1 N–H and O–H groups in total. The molecule has 2 unspecified atom stereocenters. The number of rotatable bonds is 7. The van der Waals surface area contributed by atoms with Gasteiger partial charge in [0.15, 0.2) is 0 Å². The summed E-state index contributed by atoms with van der Waals surface area (Å²) in [5.41, 5.74) is 1.24. The van der Waals surface area contributed by atoms with Gasteiger partial charge in [0.1, 0.15) is 6.04 Å². The summed E-state index contributed by atoms with van der Waals surface area (Å²) < 4.78 is 0. The molecule has 1 saturated heterocycles. The highest BCUT2D eigenvalue weighted by molar-refractivity contribution is 7.10. The van der Waals surface area contributed by atoms with Crippen molar-refractivity contribution in [3.63, 3.8) is 0 Å². The molecule has 0 aliphatic carbocycles. The number of thiophene rings is 1. The van der Waals surface area contributed by atoms with Crippen molar-refractivity contribution in [1.29, 1.82) is 0 Å². The molecule has 1 aromatic rings. The van der Waals surface area contributed by atoms with Gasteiger partial charge < -0.3 is 10.2 Å². The highest BCUT2D eigenvalue weighted by atomic mass is 32.1. The summed E-state index contributed by atoms with van der Waals surface area (Å²) >= 11 is 1.73. The zero-order valence-corrected chi connectivity index (χ0v) is 15.8. The number of hydrogen-bond donors (Lipinski definition) is 1. The van der Waals surface area contributed by atoms with E-state index in [0.717, 1.165) is 45.6 Å². The molecular weight excluding hydrogens is 306 g/mol. The first-order chi connectivity index (χ1) is 11.1. The van der Waals surface area contributed by atoms with Gasteiger partial charge in [0.25, 0.3) is 0 Å². The summed E-state index contributed by atoms with van der Waals surface area (Å²) in [6.45, 7) is 13.2. The lowest BCUT2D eigenvalue weighted by Gasteiger charge is -2.41. The van der Waals surface area contributed by atoms with Crippen molar-refractivity contribution in [3.05, 3.63) is 21.9 Å². The Bertz CT molecular complexity index is 496. The van der Waals surface area contributed by atoms with Gasteiger partial charge in [0, 0.05) is 43.6 Å². The van der Waals surface area contributed by atoms with Gasteiger partial charge in [-0.2, -0.15) is 0 Å². The first kappa shape index (κ1) is 18.4. The highest BCUT2D eigenvalue weighted by Gasteiger charge is 2.36. The lowest BCUT2D eigenvalue weighted by Crippen LogP contribution is -2.54. The number of nitrogens with zero attached hydrogens (tertiary/aromatic N) is 2. The topological polar surface area (TPSA) is 35.6 Å². The van der Waals surface area contributed by atoms with Crippen LogP contribution < -0.4 is 5.32 Å². The lowest BCUT2D eigenvalue weighted by molar-refractivity contribution is -0.138. The van der Waals surface area contributed by atoms with E-state index in [1.165, 1.54) is 10.4 Å². The molecule has 0 saturated carbocycles. The van der Waals surface area contributed by atoms with Crippen molar-refractivity contribution in [1.82, 2.24) is 15.1 Å². The van der Waals surface area contributed by atoms with E-state index in [0.29, 0.717) is 6.04 Å². The zero-order valence-electron chi connectivity index (χ0n) is 15.0. The first-order valence-corrected chi connectivity index (χ1v) is 9.77. The minimum atomic E-state index is -0.120. The predicted molar refractivity (Wildman–Crippen MR) is 98.0 cm³/mol. The average molecular weight is 338 g/mol. The third-order valence-electron chi connectivity index (χ3n) is 4.57. The molecule has 1 aliphatic heterocycles. The Hall–Kier alpha value is -0.910. The number of hydrogen-bond acceptors (Lipinski definition) is 4. The average Bonchev–Trinajstić information content (AvgIpc) is 2.95. The van der Waals surface area contributed by atoms with Gasteiger partial charge >= 0.3 is 0 Å². The smallest absolute Gasteiger partial charge is 0.245 e. The summed E-state index contributed by atoms with van der Waals surface area (Å²) in [6.07, 6.45) is 2.03. The van der Waals surface area contributed by atoms with Gasteiger partial charge in [-0.05, 0) is 43.7 Å². The van der Waals surface area contributed by atoms with Crippen LogP contribution in [-0.4, -0.2) is 54.5 Å². The van der Waals surface area contributed by atoms with Crippen LogP contribution in [0.1, 0.15) is 50.1 Å². The van der Waals surface area contributed by atoms with Crippen LogP contribution in [0.25, 0.3) is 0 Å². The Morgan fingerprint density at radius 2 is 2.13 bits per heavy atom. The largest absolute Gasteiger partial charge is 0.341 e. The monoisotopic (exact) mass is 337 g/mol. The molecule has 1 amide bonds. The van der Waals surface area contributed by atoms with Crippen LogP contribution in [0.3, 0.4) is 0 Å². The SMILES string of the molecule is CCCN(CCC)C(=O)C(c1sccc1C)N1CCNCC1C. The normalized spacial score (nSPS) is 20.4. The highest BCUT2D eigenvalue weighted by Crippen LogP contribution is 2.32. The molecule has 1 aromatic heterocycles. The molecule has 0 aromatic carbocycles. The van der Waals surface area contributed by atoms with Crippen LogP contribution in [0.5, 0.6) is 0 Å². The number of piperazine rings is 1. The molecule has 0 spiro atoms. The van der Waals surface area contributed by atoms with Crippen LogP contribution >= 0.6 is 11.3 Å². The molecule has 4 nitrogen and oxygen atoms in total. The van der Waals surface area contributed by atoms with E-state index in [-0.39, 0.29) is 11.9 Å². The third kappa shape index (κ3) is 4.34. The zero-order chi connectivity index (χ0) is 16.8. The standard InChI is InChI=1S/C18H31N3OS/c1-5-9-20(10-6-2)18(22)16(17-14(3)7-12-23-17)21-11-8-19-13-15(21)4/h7,12,15-16,19H,5-6,8-11,13H2,1-4H3. The maximum atomic E-state index is 13.4. The van der Waals surface area contributed by atoms with Gasteiger partial charge in [0.05, 0.1) is 0 Å². The second-order valence-corrected chi connectivity index (χ2v) is 7.43. The molecule has 5 heteroatoms. The molecule has 1 aliphatic rings. The van der Waals surface area contributed by atoms with Crippen molar-refractivity contribution < 1.29 is 4.79 Å². The Labute approximate surface area is 144 Å². The van der Waals surface area contributed by atoms with E-state index in [4.69, 9.17) is 0 Å². The van der Waals surface area contributed by atoms with Gasteiger partial charge in [-0.1, -0.05) is 13.8 Å². The fraction of sp³-hybridized carbons (Fsp3) is 0.722. The molecule has 2 atom stereocenters. The number of carbonyl (C=O) groups is 1. The predicted octanol–water partition coefficient (Wildman–Crippen LogP) is 3.04. The molecule has 1 fully saturated rings. The quantitative estimate of drug-likeness (QED) is 0.831. The minimum Gasteiger partial charge on any atom is -0.341 e. The molecule has 23 heavy (non-hydrogen) atoms. The van der Waals surface area contributed by atoms with Crippen LogP contribution in [0, 0.1) is 6.92 Å². The Morgan fingerprint density at radius 3 is 2.65 bits per heavy atom. The van der Waals surface area contributed by atoms with E-state index >= 15 is 0 Å². The maximum Gasteiger partial charge on any atom is 0.245 e. The fourth-order valence-electron chi connectivity index (χ4n) is 3.35. The maximum absolute atomic E-state index is 13.4. The summed E-state index contributed by atoms with van der Waals surface area (Å²) in [5.74, 6) is 0.285. The molecule has 2 rings (SSSR count). The first-order valence-electron chi connectivity index (χ1n) is 8.89. The van der Waals surface area contributed by atoms with Crippen molar-refractivity contribution in [3.8, 4) is 0 Å². The molecular formula is C18H31N3OS. The van der Waals surface area contributed by atoms with Crippen LogP contribution in [-0.2, 0) is 4.79 Å². The summed E-state index contributed by atoms with van der Waals surface area (Å²) in [6, 6.07) is 2.39. The Morgan fingerprint density at radius 1 is 1.43 bits per heavy atom. The van der Waals surface area contributed by atoms with E-state index in [9.17, 15) is 4.79 Å². The van der Waals surface area contributed by atoms with E-state index in [1.54, 1.807) is 11.3 Å². The summed E-state index contributed by atoms with van der Waals surface area (Å²) in [7, 11) is 0. The van der Waals surface area contributed by atoms with Gasteiger partial charge in [-0.25, -0.2) is 0 Å². The number of carbonyl (C=O) groups excluding carboxylic acids is 1. The summed E-state index contributed by atoms with van der Waals surface area (Å²) in [5, 5.41) is 5.55. The summed E-state index contributed by atoms with van der Waals surface area (Å²) in [4.78, 5) is 19.1. The van der Waals surface area contributed by atoms with Crippen LogP contribution in [0.15, 0.2) is 11.4 Å². The van der Waals surface area contributed by atoms with Crippen molar-refractivity contribution >= 4 is 17.2 Å². The van der Waals surface area contributed by atoms with Gasteiger partial charge in [-0.3, -0.25) is 9.69 Å². The third-order valence-corrected chi connectivity index (χ3v) is 5.64. The van der Waals surface area contributed by atoms with Gasteiger partial charge in [0.2, 0.25) is 5.91 Å². The minimum absolute atomic E-state index is 0.120. The molecule has 0 radical (unpaired) electrons. The van der Waals surface area contributed by atoms with Gasteiger partial charge in [-0.15, -0.1) is 11.3 Å². The van der Waals surface area contributed by atoms with E-state index < -0.39 is 0 Å². The van der Waals surface area contributed by atoms with Crippen LogP contribution in [0.2, 0.25) is 0 Å². The number of aryl methyl sites for hydroxylation is 1. The molecule has 2 heterocycles. The van der Waals surface area contributed by atoms with Crippen molar-refractivity contribution in [2.75, 3.05) is 32.7 Å².